The summed E-state index contributed by atoms with van der Waals surface area (Å²) in [6, 6.07) is 3.72. The van der Waals surface area contributed by atoms with Crippen LogP contribution in [0.2, 0.25) is 0 Å². The zero-order valence-electron chi connectivity index (χ0n) is 14.4. The van der Waals surface area contributed by atoms with Gasteiger partial charge >= 0.3 is 0 Å². The molecule has 1 aliphatic rings. The van der Waals surface area contributed by atoms with Crippen molar-refractivity contribution in [3.63, 3.8) is 0 Å². The van der Waals surface area contributed by atoms with Crippen molar-refractivity contribution >= 4 is 17.2 Å². The molecule has 0 unspecified atom stereocenters. The average Bonchev–Trinajstić information content (AvgIpc) is 3.25. The maximum absolute atomic E-state index is 12.3. The van der Waals surface area contributed by atoms with Gasteiger partial charge in [0.05, 0.1) is 18.4 Å². The Hall–Kier alpha value is -1.66. The zero-order chi connectivity index (χ0) is 17.0. The maximum Gasteiger partial charge on any atom is 0.226 e. The molecule has 0 atom stereocenters. The molecule has 24 heavy (non-hydrogen) atoms. The number of rotatable bonds is 6. The van der Waals surface area contributed by atoms with Crippen molar-refractivity contribution < 1.29 is 9.21 Å². The van der Waals surface area contributed by atoms with E-state index in [0.29, 0.717) is 13.0 Å². The Bertz CT molecular complexity index is 658. The van der Waals surface area contributed by atoms with Crippen LogP contribution in [0.5, 0.6) is 0 Å². The molecule has 0 aromatic carbocycles. The predicted octanol–water partition coefficient (Wildman–Crippen LogP) is 3.33. The van der Waals surface area contributed by atoms with E-state index in [4.69, 9.17) is 4.42 Å². The van der Waals surface area contributed by atoms with E-state index < -0.39 is 0 Å². The summed E-state index contributed by atoms with van der Waals surface area (Å²) in [6.45, 7) is 0.716. The van der Waals surface area contributed by atoms with E-state index in [2.05, 4.69) is 29.3 Å². The van der Waals surface area contributed by atoms with E-state index in [1.807, 2.05) is 17.5 Å². The normalized spacial score (nSPS) is 17.1. The molecular weight excluding hydrogens is 322 g/mol. The lowest BCUT2D eigenvalue weighted by Gasteiger charge is -2.43. The average molecular weight is 347 g/mol. The third-order valence-electron chi connectivity index (χ3n) is 4.97. The molecule has 6 heteroatoms. The first-order chi connectivity index (χ1) is 11.6. The first-order valence-electron chi connectivity index (χ1n) is 8.51. The number of hydrogen-bond acceptors (Lipinski definition) is 5. The molecule has 1 N–H and O–H groups in total. The van der Waals surface area contributed by atoms with Crippen LogP contribution in [-0.2, 0) is 11.2 Å². The van der Waals surface area contributed by atoms with Crippen LogP contribution in [0.25, 0.3) is 10.8 Å². The number of nitrogens with one attached hydrogen (secondary N) is 1. The number of hydrogen-bond donors (Lipinski definition) is 1. The minimum atomic E-state index is 0.0399. The first kappa shape index (κ1) is 17.2. The number of likely N-dealkylation sites (N-methyl/N-ethyl adjacent to an activating group) is 1. The standard InChI is InChI=1S/C18H25N3O2S/c1-21(2)18(8-4-3-5-9-18)13-19-16(22)11-14-12-24-17(20-14)15-7-6-10-23-15/h6-7,10,12H,3-5,8-9,11,13H2,1-2H3,(H,19,22). The predicted molar refractivity (Wildman–Crippen MR) is 96.0 cm³/mol. The Morgan fingerprint density at radius 2 is 2.17 bits per heavy atom. The van der Waals surface area contributed by atoms with Crippen molar-refractivity contribution in [2.45, 2.75) is 44.1 Å². The van der Waals surface area contributed by atoms with Crippen molar-refractivity contribution in [1.29, 1.82) is 0 Å². The molecule has 2 heterocycles. The van der Waals surface area contributed by atoms with Crippen LogP contribution >= 0.6 is 11.3 Å². The Labute approximate surface area is 147 Å². The Balaban J connectivity index is 1.55. The van der Waals surface area contributed by atoms with Gasteiger partial charge in [-0.1, -0.05) is 19.3 Å². The molecule has 0 saturated heterocycles. The van der Waals surface area contributed by atoms with Crippen LogP contribution in [0.3, 0.4) is 0 Å². The summed E-state index contributed by atoms with van der Waals surface area (Å²) < 4.78 is 5.35. The molecule has 1 saturated carbocycles. The molecule has 1 fully saturated rings. The molecule has 3 rings (SSSR count). The lowest BCUT2D eigenvalue weighted by Crippen LogP contribution is -2.54. The van der Waals surface area contributed by atoms with Crippen molar-refractivity contribution in [2.75, 3.05) is 20.6 Å². The highest BCUT2D eigenvalue weighted by atomic mass is 32.1. The maximum atomic E-state index is 12.3. The van der Waals surface area contributed by atoms with E-state index in [1.54, 1.807) is 6.26 Å². The van der Waals surface area contributed by atoms with Crippen LogP contribution in [0, 0.1) is 0 Å². The van der Waals surface area contributed by atoms with Gasteiger partial charge in [-0.2, -0.15) is 0 Å². The summed E-state index contributed by atoms with van der Waals surface area (Å²) in [5, 5.41) is 5.88. The molecule has 130 valence electrons. The van der Waals surface area contributed by atoms with Gasteiger partial charge in [0.1, 0.15) is 0 Å². The van der Waals surface area contributed by atoms with Crippen molar-refractivity contribution in [2.24, 2.45) is 0 Å². The van der Waals surface area contributed by atoms with E-state index in [-0.39, 0.29) is 11.4 Å². The van der Waals surface area contributed by atoms with Crippen LogP contribution in [-0.4, -0.2) is 42.0 Å². The molecule has 0 spiro atoms. The second-order valence-corrected chi connectivity index (χ2v) is 7.61. The third kappa shape index (κ3) is 3.87. The second kappa shape index (κ2) is 7.49. The summed E-state index contributed by atoms with van der Waals surface area (Å²) in [5.74, 6) is 0.790. The van der Waals surface area contributed by atoms with Gasteiger partial charge in [0.15, 0.2) is 10.8 Å². The molecule has 1 amide bonds. The van der Waals surface area contributed by atoms with Crippen molar-refractivity contribution in [3.8, 4) is 10.8 Å². The third-order valence-corrected chi connectivity index (χ3v) is 5.88. The number of carbonyl (C=O) groups excluding carboxylic acids is 1. The van der Waals surface area contributed by atoms with Gasteiger partial charge < -0.3 is 14.6 Å². The fourth-order valence-electron chi connectivity index (χ4n) is 3.38. The van der Waals surface area contributed by atoms with E-state index in [0.717, 1.165) is 29.3 Å². The molecule has 0 bridgehead atoms. The quantitative estimate of drug-likeness (QED) is 0.871. The minimum absolute atomic E-state index is 0.0399. The summed E-state index contributed by atoms with van der Waals surface area (Å²) in [7, 11) is 4.24. The molecule has 0 aliphatic heterocycles. The smallest absolute Gasteiger partial charge is 0.226 e. The summed E-state index contributed by atoms with van der Waals surface area (Å²) in [4.78, 5) is 19.1. The number of furan rings is 1. The fourth-order valence-corrected chi connectivity index (χ4v) is 4.17. The Morgan fingerprint density at radius 3 is 2.83 bits per heavy atom. The van der Waals surface area contributed by atoms with Gasteiger partial charge in [-0.3, -0.25) is 4.79 Å². The SMILES string of the molecule is CN(C)C1(CNC(=O)Cc2csc(-c3ccco3)n2)CCCCC1. The monoisotopic (exact) mass is 347 g/mol. The number of nitrogens with zero attached hydrogens (tertiary/aromatic N) is 2. The van der Waals surface area contributed by atoms with Gasteiger partial charge in [0, 0.05) is 17.5 Å². The largest absolute Gasteiger partial charge is 0.462 e. The molecule has 0 radical (unpaired) electrons. The second-order valence-electron chi connectivity index (χ2n) is 6.75. The van der Waals surface area contributed by atoms with E-state index in [9.17, 15) is 4.79 Å². The molecular formula is C18H25N3O2S. The zero-order valence-corrected chi connectivity index (χ0v) is 15.2. The number of carbonyl (C=O) groups is 1. The summed E-state index contributed by atoms with van der Waals surface area (Å²) >= 11 is 1.51. The van der Waals surface area contributed by atoms with Crippen LogP contribution < -0.4 is 5.32 Å². The Morgan fingerprint density at radius 1 is 1.38 bits per heavy atom. The molecule has 2 aromatic heterocycles. The van der Waals surface area contributed by atoms with Gasteiger partial charge in [0.25, 0.3) is 0 Å². The minimum Gasteiger partial charge on any atom is -0.462 e. The van der Waals surface area contributed by atoms with E-state index in [1.165, 1.54) is 30.6 Å². The number of aromatic nitrogens is 1. The number of thiazole rings is 1. The van der Waals surface area contributed by atoms with Crippen LogP contribution in [0.4, 0.5) is 0 Å². The highest BCUT2D eigenvalue weighted by Gasteiger charge is 2.34. The lowest BCUT2D eigenvalue weighted by molar-refractivity contribution is -0.121. The Kier molecular flexibility index (Phi) is 5.36. The highest BCUT2D eigenvalue weighted by molar-refractivity contribution is 7.13. The van der Waals surface area contributed by atoms with E-state index >= 15 is 0 Å². The van der Waals surface area contributed by atoms with Gasteiger partial charge in [0.2, 0.25) is 5.91 Å². The topological polar surface area (TPSA) is 58.4 Å². The van der Waals surface area contributed by atoms with Gasteiger partial charge in [-0.15, -0.1) is 11.3 Å². The van der Waals surface area contributed by atoms with Crippen LogP contribution in [0.15, 0.2) is 28.2 Å². The van der Waals surface area contributed by atoms with Gasteiger partial charge in [-0.25, -0.2) is 4.98 Å². The lowest BCUT2D eigenvalue weighted by atomic mass is 9.80. The van der Waals surface area contributed by atoms with Crippen molar-refractivity contribution in [1.82, 2.24) is 15.2 Å². The van der Waals surface area contributed by atoms with Gasteiger partial charge in [-0.05, 0) is 39.1 Å². The number of amides is 1. The fraction of sp³-hybridized carbons (Fsp3) is 0.556. The first-order valence-corrected chi connectivity index (χ1v) is 9.39. The molecule has 5 nitrogen and oxygen atoms in total. The molecule has 2 aromatic rings. The van der Waals surface area contributed by atoms with Crippen molar-refractivity contribution in [3.05, 3.63) is 29.5 Å². The highest BCUT2D eigenvalue weighted by Crippen LogP contribution is 2.31. The summed E-state index contributed by atoms with van der Waals surface area (Å²) in [5.41, 5.74) is 0.904. The van der Waals surface area contributed by atoms with Crippen LogP contribution in [0.1, 0.15) is 37.8 Å². The molecule has 1 aliphatic carbocycles. The summed E-state index contributed by atoms with van der Waals surface area (Å²) in [6.07, 6.45) is 8.05.